The van der Waals surface area contributed by atoms with Crippen molar-refractivity contribution in [3.05, 3.63) is 11.6 Å². The highest BCUT2D eigenvalue weighted by Crippen LogP contribution is 2.20. The van der Waals surface area contributed by atoms with E-state index in [1.807, 2.05) is 0 Å². The topological polar surface area (TPSA) is 69.0 Å². The third-order valence-electron chi connectivity index (χ3n) is 4.57. The minimum absolute atomic E-state index is 0.142. The van der Waals surface area contributed by atoms with E-state index in [-0.39, 0.29) is 18.1 Å². The SMILES string of the molecule is CC(C)c1nnc2n1C[C@@H](NC(=O)CC[C@@H]1CCCO1)CC2. The summed E-state index contributed by atoms with van der Waals surface area (Å²) in [5, 5.41) is 11.7. The number of aromatic nitrogens is 3. The van der Waals surface area contributed by atoms with Gasteiger partial charge in [0.2, 0.25) is 5.91 Å². The van der Waals surface area contributed by atoms with E-state index in [0.29, 0.717) is 12.3 Å². The fraction of sp³-hybridized carbons (Fsp3) is 0.812. The largest absolute Gasteiger partial charge is 0.378 e. The van der Waals surface area contributed by atoms with Crippen LogP contribution in [0.1, 0.15) is 63.5 Å². The Hall–Kier alpha value is -1.43. The molecule has 1 fully saturated rings. The Bertz CT molecular complexity index is 520. The summed E-state index contributed by atoms with van der Waals surface area (Å²) in [6.45, 7) is 5.90. The highest BCUT2D eigenvalue weighted by atomic mass is 16.5. The Morgan fingerprint density at radius 3 is 3.00 bits per heavy atom. The van der Waals surface area contributed by atoms with E-state index in [9.17, 15) is 4.79 Å². The van der Waals surface area contributed by atoms with Crippen molar-refractivity contribution in [1.82, 2.24) is 20.1 Å². The number of nitrogens with zero attached hydrogens (tertiary/aromatic N) is 3. The number of fused-ring (bicyclic) bond motifs is 1. The second kappa shape index (κ2) is 6.77. The summed E-state index contributed by atoms with van der Waals surface area (Å²) in [5.74, 6) is 2.57. The molecule has 2 atom stereocenters. The van der Waals surface area contributed by atoms with Gasteiger partial charge in [0.1, 0.15) is 11.6 Å². The molecule has 1 aromatic heterocycles. The molecule has 2 aliphatic rings. The smallest absolute Gasteiger partial charge is 0.220 e. The molecule has 6 heteroatoms. The third kappa shape index (κ3) is 3.48. The Kier molecular flexibility index (Phi) is 4.76. The second-order valence-corrected chi connectivity index (χ2v) is 6.72. The Labute approximate surface area is 131 Å². The number of rotatable bonds is 5. The highest BCUT2D eigenvalue weighted by Gasteiger charge is 2.25. The van der Waals surface area contributed by atoms with Crippen LogP contribution in [-0.4, -0.2) is 39.4 Å². The van der Waals surface area contributed by atoms with Gasteiger partial charge in [0, 0.05) is 38.0 Å². The van der Waals surface area contributed by atoms with Gasteiger partial charge in [-0.3, -0.25) is 4.79 Å². The van der Waals surface area contributed by atoms with Gasteiger partial charge in [0.15, 0.2) is 0 Å². The van der Waals surface area contributed by atoms with Crippen molar-refractivity contribution in [3.63, 3.8) is 0 Å². The summed E-state index contributed by atoms with van der Waals surface area (Å²) in [7, 11) is 0. The van der Waals surface area contributed by atoms with Crippen LogP contribution in [0.2, 0.25) is 0 Å². The maximum Gasteiger partial charge on any atom is 0.220 e. The molecule has 2 aliphatic heterocycles. The number of amides is 1. The van der Waals surface area contributed by atoms with Gasteiger partial charge in [-0.15, -0.1) is 10.2 Å². The molecule has 0 unspecified atom stereocenters. The molecule has 122 valence electrons. The molecule has 3 heterocycles. The number of aryl methyl sites for hydroxylation is 1. The summed E-state index contributed by atoms with van der Waals surface area (Å²) in [6, 6.07) is 0.193. The van der Waals surface area contributed by atoms with Crippen LogP contribution in [0.3, 0.4) is 0 Å². The lowest BCUT2D eigenvalue weighted by molar-refractivity contribution is -0.122. The van der Waals surface area contributed by atoms with E-state index in [0.717, 1.165) is 56.9 Å². The molecule has 0 saturated carbocycles. The van der Waals surface area contributed by atoms with Gasteiger partial charge in [-0.1, -0.05) is 13.8 Å². The Morgan fingerprint density at radius 2 is 2.27 bits per heavy atom. The number of ether oxygens (including phenoxy) is 1. The van der Waals surface area contributed by atoms with Crippen molar-refractivity contribution in [2.45, 2.75) is 77.0 Å². The summed E-state index contributed by atoms with van der Waals surface area (Å²) >= 11 is 0. The van der Waals surface area contributed by atoms with Crippen molar-refractivity contribution in [2.75, 3.05) is 6.61 Å². The molecule has 0 aliphatic carbocycles. The first-order valence-corrected chi connectivity index (χ1v) is 8.46. The predicted octanol–water partition coefficient (Wildman–Crippen LogP) is 1.79. The molecule has 1 amide bonds. The lowest BCUT2D eigenvalue weighted by Gasteiger charge is -2.26. The maximum absolute atomic E-state index is 12.1. The van der Waals surface area contributed by atoms with E-state index >= 15 is 0 Å². The molecule has 0 aromatic carbocycles. The Balaban J connectivity index is 1.51. The minimum atomic E-state index is 0.142. The van der Waals surface area contributed by atoms with Crippen LogP contribution in [-0.2, 0) is 22.5 Å². The molecule has 0 spiro atoms. The van der Waals surface area contributed by atoms with Crippen molar-refractivity contribution in [3.8, 4) is 0 Å². The van der Waals surface area contributed by atoms with Gasteiger partial charge in [-0.05, 0) is 25.7 Å². The van der Waals surface area contributed by atoms with E-state index in [4.69, 9.17) is 4.74 Å². The summed E-state index contributed by atoms with van der Waals surface area (Å²) in [5.41, 5.74) is 0. The molecule has 0 bridgehead atoms. The quantitative estimate of drug-likeness (QED) is 0.900. The van der Waals surface area contributed by atoms with E-state index in [1.165, 1.54) is 0 Å². The number of carbonyl (C=O) groups excluding carboxylic acids is 1. The fourth-order valence-electron chi connectivity index (χ4n) is 3.36. The predicted molar refractivity (Wildman–Crippen MR) is 82.6 cm³/mol. The highest BCUT2D eigenvalue weighted by molar-refractivity contribution is 5.76. The zero-order chi connectivity index (χ0) is 15.5. The number of hydrogen-bond donors (Lipinski definition) is 1. The van der Waals surface area contributed by atoms with E-state index in [1.54, 1.807) is 0 Å². The minimum Gasteiger partial charge on any atom is -0.378 e. The fourth-order valence-corrected chi connectivity index (χ4v) is 3.36. The molecule has 1 saturated heterocycles. The van der Waals surface area contributed by atoms with Crippen molar-refractivity contribution >= 4 is 5.91 Å². The first-order valence-electron chi connectivity index (χ1n) is 8.46. The van der Waals surface area contributed by atoms with Crippen molar-refractivity contribution < 1.29 is 9.53 Å². The number of hydrogen-bond acceptors (Lipinski definition) is 4. The molecule has 0 radical (unpaired) electrons. The molecular weight excluding hydrogens is 280 g/mol. The van der Waals surface area contributed by atoms with Gasteiger partial charge in [-0.2, -0.15) is 0 Å². The summed E-state index contributed by atoms with van der Waals surface area (Å²) < 4.78 is 7.75. The maximum atomic E-state index is 12.1. The van der Waals surface area contributed by atoms with Crippen LogP contribution in [0.4, 0.5) is 0 Å². The van der Waals surface area contributed by atoms with E-state index in [2.05, 4.69) is 33.9 Å². The van der Waals surface area contributed by atoms with Gasteiger partial charge in [-0.25, -0.2) is 0 Å². The van der Waals surface area contributed by atoms with Crippen LogP contribution in [0.5, 0.6) is 0 Å². The second-order valence-electron chi connectivity index (χ2n) is 6.72. The van der Waals surface area contributed by atoms with Crippen LogP contribution >= 0.6 is 0 Å². The lowest BCUT2D eigenvalue weighted by Crippen LogP contribution is -2.41. The summed E-state index contributed by atoms with van der Waals surface area (Å²) in [6.07, 6.45) is 5.75. The van der Waals surface area contributed by atoms with Crippen molar-refractivity contribution in [2.24, 2.45) is 0 Å². The first kappa shape index (κ1) is 15.5. The van der Waals surface area contributed by atoms with Gasteiger partial charge in [0.05, 0.1) is 6.10 Å². The van der Waals surface area contributed by atoms with Crippen LogP contribution in [0.25, 0.3) is 0 Å². The zero-order valence-corrected chi connectivity index (χ0v) is 13.5. The average molecular weight is 306 g/mol. The zero-order valence-electron chi connectivity index (χ0n) is 13.5. The molecular formula is C16H26N4O2. The molecule has 6 nitrogen and oxygen atoms in total. The number of carbonyl (C=O) groups is 1. The number of nitrogens with one attached hydrogen (secondary N) is 1. The van der Waals surface area contributed by atoms with Gasteiger partial charge >= 0.3 is 0 Å². The summed E-state index contributed by atoms with van der Waals surface area (Å²) in [4.78, 5) is 12.1. The monoisotopic (exact) mass is 306 g/mol. The molecule has 3 rings (SSSR count). The normalized spacial score (nSPS) is 24.5. The standard InChI is InChI=1S/C16H26N4O2/c1-11(2)16-19-18-14-7-5-12(10-20(14)16)17-15(21)8-6-13-4-3-9-22-13/h11-13H,3-10H2,1-2H3,(H,17,21)/t12-,13-/m0/s1. The van der Waals surface area contributed by atoms with Gasteiger partial charge < -0.3 is 14.6 Å². The molecule has 22 heavy (non-hydrogen) atoms. The van der Waals surface area contributed by atoms with Crippen LogP contribution < -0.4 is 5.32 Å². The van der Waals surface area contributed by atoms with Crippen LogP contribution in [0.15, 0.2) is 0 Å². The molecule has 1 N–H and O–H groups in total. The van der Waals surface area contributed by atoms with Gasteiger partial charge in [0.25, 0.3) is 0 Å². The lowest BCUT2D eigenvalue weighted by atomic mass is 10.1. The average Bonchev–Trinajstić information content (AvgIpc) is 3.14. The first-order chi connectivity index (χ1) is 10.6. The van der Waals surface area contributed by atoms with E-state index < -0.39 is 0 Å². The van der Waals surface area contributed by atoms with Crippen LogP contribution in [0, 0.1) is 0 Å². The molecule has 1 aromatic rings. The third-order valence-corrected chi connectivity index (χ3v) is 4.57. The van der Waals surface area contributed by atoms with Crippen molar-refractivity contribution in [1.29, 1.82) is 0 Å². The Morgan fingerprint density at radius 1 is 1.41 bits per heavy atom.